The van der Waals surface area contributed by atoms with Gasteiger partial charge in [-0.15, -0.1) is 0 Å². The van der Waals surface area contributed by atoms with Crippen LogP contribution in [0.4, 0.5) is 0 Å². The van der Waals surface area contributed by atoms with Crippen molar-refractivity contribution >= 4 is 37.7 Å². The predicted molar refractivity (Wildman–Crippen MR) is 171 cm³/mol. The first-order valence-electron chi connectivity index (χ1n) is 0.478. The monoisotopic (exact) mass is 2200 g/mol. The maximum Gasteiger partial charge on any atom is 2.00 e. The molecule has 336 valence electrons. The molecule has 0 aromatic rings. The van der Waals surface area contributed by atoms with Crippen LogP contribution in [0, 0.1) is 0 Å². The Morgan fingerprint density at radius 2 is 0.238 bits per heavy atom. The Hall–Kier alpha value is 5.63. The molecule has 26 nitrogen and oxygen atoms in total. The number of hydrogen-bond acceptors (Lipinski definition) is 0. The molecule has 52 N–H and O–H groups in total. The Kier molecular flexibility index (Phi) is 58800. The third-order valence-electron chi connectivity index (χ3n) is 0. The second-order valence-corrected chi connectivity index (χ2v) is 3.33. The van der Waals surface area contributed by atoms with E-state index in [-0.39, 0.29) is 288 Å². The summed E-state index contributed by atoms with van der Waals surface area (Å²) in [6.45, 7) is 0. The van der Waals surface area contributed by atoms with Crippen LogP contribution in [0.5, 0.6) is 0 Å². The van der Waals surface area contributed by atoms with Gasteiger partial charge in [0.1, 0.15) is 0 Å². The topological polar surface area (TPSA) is 851 Å². The Morgan fingerprint density at radius 1 is 0.238 bits per heavy atom. The molecular formula is C4H68Cl4N16O10Pt8-4. The van der Waals surface area contributed by atoms with Gasteiger partial charge in [0, 0.05) is 0 Å². The molecule has 0 atom stereocenters. The molecule has 42 heavy (non-hydrogen) atoms. The van der Waals surface area contributed by atoms with E-state index in [1.54, 1.807) is 37.5 Å². The zero-order valence-corrected chi connectivity index (χ0v) is 39.5. The fourth-order valence-electron chi connectivity index (χ4n) is 0. The van der Waals surface area contributed by atoms with Crippen LogP contribution in [0.15, 0.2) is 0 Å². The van der Waals surface area contributed by atoms with Crippen molar-refractivity contribution in [2.45, 2.75) is 29.7 Å². The van der Waals surface area contributed by atoms with Gasteiger partial charge in [0.25, 0.3) is 0 Å². The molecule has 0 saturated heterocycles. The zero-order chi connectivity index (χ0) is 6.71. The fourth-order valence-corrected chi connectivity index (χ4v) is 0. The Bertz CT molecular complexity index is 89.3. The van der Waals surface area contributed by atoms with Crippen molar-refractivity contribution in [1.29, 1.82) is 0 Å². The molecule has 0 amide bonds. The minimum atomic E-state index is -0.472. The minimum Gasteiger partial charge on any atom is -0.693 e. The molecule has 38 heteroatoms. The van der Waals surface area contributed by atoms with Crippen LogP contribution in [0.1, 0.15) is 29.7 Å². The minimum absolute atomic E-state index is 0. The van der Waals surface area contributed by atoms with E-state index in [1.807, 2.05) is 0 Å². The van der Waals surface area contributed by atoms with Crippen LogP contribution < -0.4 is 0 Å². The van der Waals surface area contributed by atoms with Gasteiger partial charge in [0.05, 0.1) is 0 Å². The van der Waals surface area contributed by atoms with E-state index in [4.69, 9.17) is 18.8 Å². The third-order valence-corrected chi connectivity index (χ3v) is 0. The Labute approximate surface area is 374 Å². The largest absolute Gasteiger partial charge is 2.00 e. The van der Waals surface area contributed by atoms with Gasteiger partial charge in [-0.3, -0.25) is 0 Å². The first kappa shape index (κ1) is 1120. The summed E-state index contributed by atoms with van der Waals surface area (Å²) in [5.74, 6) is 0. The molecule has 0 bridgehead atoms. The molecule has 0 aromatic carbocycles. The molecule has 0 aliphatic rings. The number of halogens is 4. The molecule has 0 rings (SSSR count). The summed E-state index contributed by atoms with van der Waals surface area (Å²) in [5, 5.41) is 0. The van der Waals surface area contributed by atoms with Gasteiger partial charge >= 0.3 is 197 Å². The number of nitrogens with two attached hydrogens (primary N) is 16. The number of rotatable bonds is 0. The molecule has 0 aromatic heterocycles. The molecule has 0 aliphatic heterocycles. The summed E-state index contributed by atoms with van der Waals surface area (Å²) in [5.41, 5.74) is 0. The summed E-state index contributed by atoms with van der Waals surface area (Å²) in [4.78, 5) is 0. The molecule has 0 radical (unpaired) electrons. The first-order chi connectivity index (χ1) is 3.41. The van der Waals surface area contributed by atoms with Crippen molar-refractivity contribution in [2.24, 2.45) is 0 Å². The Morgan fingerprint density at radius 3 is 0.238 bits per heavy atom. The smallest absolute Gasteiger partial charge is 0.693 e. The van der Waals surface area contributed by atoms with Crippen LogP contribution in [0.2, 0.25) is 0 Å². The molecule has 0 unspecified atom stereocenters. The molecule has 0 fully saturated rings. The average Bonchev–Trinajstić information content (AvgIpc) is 1.78. The molecule has 0 aliphatic carbocycles. The molecule has 0 saturated carbocycles. The van der Waals surface area contributed by atoms with Crippen LogP contribution in [0.3, 0.4) is 0 Å². The van der Waals surface area contributed by atoms with Crippen LogP contribution >= 0.6 is 37.7 Å². The second-order valence-electron chi connectivity index (χ2n) is 0.0452. The van der Waals surface area contributed by atoms with E-state index in [0.29, 0.717) is 0 Å². The fraction of sp³-hybridized carbons (Fsp3) is 1.00. The van der Waals surface area contributed by atoms with Gasteiger partial charge < -0.3 is 153 Å². The van der Waals surface area contributed by atoms with E-state index in [9.17, 15) is 0 Å². The molecule has 0 heterocycles. The average molecular weight is 2200 g/mol. The first-order valence-corrected chi connectivity index (χ1v) is 11.7. The van der Waals surface area contributed by atoms with Crippen LogP contribution in [-0.2, 0) is 159 Å². The van der Waals surface area contributed by atoms with Crippen molar-refractivity contribution in [3.8, 4) is 0 Å². The summed E-state index contributed by atoms with van der Waals surface area (Å²) in [6, 6.07) is 0. The van der Waals surface area contributed by atoms with Crippen molar-refractivity contribution in [3.05, 3.63) is 98.4 Å². The van der Waals surface area contributed by atoms with Gasteiger partial charge in [-0.25, -0.2) is 0 Å². The zero-order valence-electron chi connectivity index (χ0n) is 18.3. The van der Waals surface area contributed by atoms with E-state index in [2.05, 4.69) is 18.8 Å². The molecular weight excluding hydrogens is 2130 g/mol. The van der Waals surface area contributed by atoms with E-state index >= 15 is 0 Å². The summed E-state index contributed by atoms with van der Waals surface area (Å²) >= 11 is 2.75. The van der Waals surface area contributed by atoms with Crippen molar-refractivity contribution in [2.75, 3.05) is 0 Å². The maximum atomic E-state index is 4.88. The predicted octanol–water partition coefficient (Wildman–Crippen LogP) is 8.51. The van der Waals surface area contributed by atoms with E-state index < -0.39 is 16.5 Å². The maximum absolute atomic E-state index is 4.88. The summed E-state index contributed by atoms with van der Waals surface area (Å²) < 4.78 is 0. The summed E-state index contributed by atoms with van der Waals surface area (Å²) in [6.07, 6.45) is 0. The number of hydrogen-bond donors (Lipinski definition) is 0. The van der Waals surface area contributed by atoms with Crippen molar-refractivity contribution < 1.29 is 214 Å². The van der Waals surface area contributed by atoms with Gasteiger partial charge in [0.15, 0.2) is 0 Å². The second kappa shape index (κ2) is 2210. The normalized spacial score (nSPS) is 0.857. The standard InChI is InChI=1S/4CH4.4ClH.16H2N.10H2O.8Pt/h4*1H4;4*1H;26*1H2;;;;;;;;/q;;;;;;;;16*-1;;;;;;;;;;;2*+1;5*+2;+4/p-4. The van der Waals surface area contributed by atoms with Gasteiger partial charge in [-0.2, -0.15) is 0 Å². The van der Waals surface area contributed by atoms with E-state index in [0.717, 1.165) is 0 Å². The molecule has 0 spiro atoms. The quantitative estimate of drug-likeness (QED) is 0.220. The van der Waals surface area contributed by atoms with E-state index in [1.165, 1.54) is 0 Å². The van der Waals surface area contributed by atoms with Crippen molar-refractivity contribution in [1.82, 2.24) is 0 Å². The van der Waals surface area contributed by atoms with Gasteiger partial charge in [-0.1, -0.05) is 29.7 Å². The van der Waals surface area contributed by atoms with Crippen LogP contribution in [-0.4, -0.2) is 54.8 Å². The third kappa shape index (κ3) is 2870. The van der Waals surface area contributed by atoms with Gasteiger partial charge in [-0.05, 0) is 0 Å². The Balaban J connectivity index is -0.000000000113. The summed E-state index contributed by atoms with van der Waals surface area (Å²) in [7, 11) is 19.0. The van der Waals surface area contributed by atoms with Gasteiger partial charge in [0.2, 0.25) is 0 Å². The van der Waals surface area contributed by atoms with Crippen molar-refractivity contribution in [3.63, 3.8) is 0 Å². The van der Waals surface area contributed by atoms with Crippen LogP contribution in [0.25, 0.3) is 98.4 Å². The SMILES string of the molecule is C.C.C.C.O.O.O.O.O.O.O.O.O.O.[Cl][Pt+2][Cl].[Cl][Pt].[Cl][Pt].[NH2-].[NH2-].[NH2-].[NH2-].[NH2-].[NH2-].[NH2-].[NH2-].[NH2-].[NH2-].[NH2-].[NH2-].[NH2-].[NH2-].[NH2-].[NH2-].[Pt+2].[Pt+2].[Pt+2].[Pt+2].[Pt+2].